The standard InChI is InChI=1S/C12H19FN2O2S/c1-5-15(4)18(16,17)12-7-10(8-14-3)6-11(13)9(12)2/h6-7,14H,5,8H2,1-4H3. The van der Waals surface area contributed by atoms with Crippen LogP contribution in [0.3, 0.4) is 0 Å². The van der Waals surface area contributed by atoms with Gasteiger partial charge in [0.25, 0.3) is 0 Å². The minimum atomic E-state index is -3.62. The SMILES string of the molecule is CCN(C)S(=O)(=O)c1cc(CNC)cc(F)c1C. The van der Waals surface area contributed by atoms with Gasteiger partial charge in [0.15, 0.2) is 0 Å². The van der Waals surface area contributed by atoms with Gasteiger partial charge in [-0.25, -0.2) is 17.1 Å². The van der Waals surface area contributed by atoms with Crippen LogP contribution in [0, 0.1) is 12.7 Å². The highest BCUT2D eigenvalue weighted by atomic mass is 32.2. The first kappa shape index (κ1) is 15.1. The van der Waals surface area contributed by atoms with Gasteiger partial charge >= 0.3 is 0 Å². The van der Waals surface area contributed by atoms with Crippen molar-refractivity contribution >= 4 is 10.0 Å². The van der Waals surface area contributed by atoms with Crippen molar-refractivity contribution in [3.05, 3.63) is 29.1 Å². The Kier molecular flexibility index (Phi) is 4.84. The van der Waals surface area contributed by atoms with Crippen molar-refractivity contribution in [3.63, 3.8) is 0 Å². The summed E-state index contributed by atoms with van der Waals surface area (Å²) in [5, 5.41) is 2.88. The van der Waals surface area contributed by atoms with Crippen molar-refractivity contribution in [3.8, 4) is 0 Å². The molecule has 0 fully saturated rings. The van der Waals surface area contributed by atoms with Crippen molar-refractivity contribution < 1.29 is 12.8 Å². The van der Waals surface area contributed by atoms with Gasteiger partial charge in [0.1, 0.15) is 5.82 Å². The van der Waals surface area contributed by atoms with Crippen LogP contribution >= 0.6 is 0 Å². The molecule has 0 atom stereocenters. The molecule has 0 unspecified atom stereocenters. The zero-order chi connectivity index (χ0) is 13.9. The third-order valence-corrected chi connectivity index (χ3v) is 4.93. The van der Waals surface area contributed by atoms with Gasteiger partial charge in [-0.15, -0.1) is 0 Å². The van der Waals surface area contributed by atoms with E-state index in [0.717, 1.165) is 0 Å². The van der Waals surface area contributed by atoms with Crippen LogP contribution in [0.1, 0.15) is 18.1 Å². The molecule has 0 aliphatic heterocycles. The topological polar surface area (TPSA) is 49.4 Å². The number of hydrogen-bond acceptors (Lipinski definition) is 3. The second-order valence-corrected chi connectivity index (χ2v) is 6.16. The summed E-state index contributed by atoms with van der Waals surface area (Å²) in [6, 6.07) is 2.88. The highest BCUT2D eigenvalue weighted by Gasteiger charge is 2.23. The molecule has 1 N–H and O–H groups in total. The van der Waals surface area contributed by atoms with Crippen molar-refractivity contribution in [2.75, 3.05) is 20.6 Å². The van der Waals surface area contributed by atoms with Crippen molar-refractivity contribution in [1.82, 2.24) is 9.62 Å². The van der Waals surface area contributed by atoms with E-state index in [1.807, 2.05) is 0 Å². The largest absolute Gasteiger partial charge is 0.316 e. The van der Waals surface area contributed by atoms with Gasteiger partial charge in [-0.3, -0.25) is 0 Å². The monoisotopic (exact) mass is 274 g/mol. The fraction of sp³-hybridized carbons (Fsp3) is 0.500. The van der Waals surface area contributed by atoms with E-state index in [0.29, 0.717) is 18.7 Å². The van der Waals surface area contributed by atoms with E-state index in [-0.39, 0.29) is 10.5 Å². The van der Waals surface area contributed by atoms with Crippen molar-refractivity contribution in [2.24, 2.45) is 0 Å². The van der Waals surface area contributed by atoms with E-state index >= 15 is 0 Å². The molecular formula is C12H19FN2O2S. The maximum Gasteiger partial charge on any atom is 0.243 e. The van der Waals surface area contributed by atoms with Crippen LogP contribution in [-0.4, -0.2) is 33.4 Å². The molecule has 0 heterocycles. The molecule has 0 aliphatic rings. The summed E-state index contributed by atoms with van der Waals surface area (Å²) in [5.41, 5.74) is 0.777. The third-order valence-electron chi connectivity index (χ3n) is 2.87. The summed E-state index contributed by atoms with van der Waals surface area (Å²) in [7, 11) is -0.408. The third kappa shape index (κ3) is 2.88. The molecular weight excluding hydrogens is 255 g/mol. The number of halogens is 1. The Bertz CT molecular complexity index is 529. The maximum atomic E-state index is 13.8. The van der Waals surface area contributed by atoms with E-state index in [4.69, 9.17) is 0 Å². The van der Waals surface area contributed by atoms with E-state index in [2.05, 4.69) is 5.32 Å². The molecule has 0 bridgehead atoms. The number of benzene rings is 1. The molecule has 0 saturated heterocycles. The number of nitrogens with one attached hydrogen (secondary N) is 1. The summed E-state index contributed by atoms with van der Waals surface area (Å²) in [4.78, 5) is 0.0390. The summed E-state index contributed by atoms with van der Waals surface area (Å²) >= 11 is 0. The Balaban J connectivity index is 3.40. The van der Waals surface area contributed by atoms with E-state index in [9.17, 15) is 12.8 Å². The average Bonchev–Trinajstić information content (AvgIpc) is 2.32. The van der Waals surface area contributed by atoms with Crippen LogP contribution in [0.2, 0.25) is 0 Å². The van der Waals surface area contributed by atoms with Gasteiger partial charge in [-0.05, 0) is 31.7 Å². The summed E-state index contributed by atoms with van der Waals surface area (Å²) in [6.07, 6.45) is 0. The predicted octanol–water partition coefficient (Wildman–Crippen LogP) is 1.49. The summed E-state index contributed by atoms with van der Waals surface area (Å²) < 4.78 is 39.4. The van der Waals surface area contributed by atoms with Crippen LogP contribution in [0.5, 0.6) is 0 Å². The second-order valence-electron chi connectivity index (χ2n) is 4.15. The smallest absolute Gasteiger partial charge is 0.243 e. The fourth-order valence-corrected chi connectivity index (χ4v) is 3.08. The molecule has 0 aliphatic carbocycles. The molecule has 1 aromatic rings. The molecule has 0 spiro atoms. The lowest BCUT2D eigenvalue weighted by Gasteiger charge is -2.17. The lowest BCUT2D eigenvalue weighted by molar-refractivity contribution is 0.484. The van der Waals surface area contributed by atoms with Gasteiger partial charge in [-0.1, -0.05) is 6.92 Å². The normalized spacial score (nSPS) is 12.1. The number of hydrogen-bond donors (Lipinski definition) is 1. The van der Waals surface area contributed by atoms with Gasteiger partial charge in [0.2, 0.25) is 10.0 Å². The molecule has 4 nitrogen and oxygen atoms in total. The molecule has 6 heteroatoms. The van der Waals surface area contributed by atoms with Gasteiger partial charge in [-0.2, -0.15) is 0 Å². The van der Waals surface area contributed by atoms with Gasteiger partial charge in [0, 0.05) is 25.7 Å². The Hall–Kier alpha value is -0.980. The van der Waals surface area contributed by atoms with E-state index in [1.54, 1.807) is 14.0 Å². The van der Waals surface area contributed by atoms with Crippen molar-refractivity contribution in [1.29, 1.82) is 0 Å². The lowest BCUT2D eigenvalue weighted by Crippen LogP contribution is -2.27. The summed E-state index contributed by atoms with van der Waals surface area (Å²) in [5.74, 6) is -0.495. The molecule has 0 saturated carbocycles. The Morgan fingerprint density at radius 3 is 2.50 bits per heavy atom. The Morgan fingerprint density at radius 1 is 1.39 bits per heavy atom. The van der Waals surface area contributed by atoms with Crippen LogP contribution in [0.15, 0.2) is 17.0 Å². The van der Waals surface area contributed by atoms with Crippen LogP contribution in [-0.2, 0) is 16.6 Å². The molecule has 1 aromatic carbocycles. The highest BCUT2D eigenvalue weighted by Crippen LogP contribution is 2.23. The Labute approximate surface area is 108 Å². The number of sulfonamides is 1. The first-order valence-electron chi connectivity index (χ1n) is 5.74. The molecule has 0 amide bonds. The fourth-order valence-electron chi connectivity index (χ4n) is 1.62. The zero-order valence-electron chi connectivity index (χ0n) is 11.1. The summed E-state index contributed by atoms with van der Waals surface area (Å²) in [6.45, 7) is 3.99. The highest BCUT2D eigenvalue weighted by molar-refractivity contribution is 7.89. The van der Waals surface area contributed by atoms with Crippen LogP contribution in [0.25, 0.3) is 0 Å². The zero-order valence-corrected chi connectivity index (χ0v) is 11.9. The predicted molar refractivity (Wildman–Crippen MR) is 69.4 cm³/mol. The van der Waals surface area contributed by atoms with Crippen LogP contribution in [0.4, 0.5) is 4.39 Å². The average molecular weight is 274 g/mol. The van der Waals surface area contributed by atoms with Gasteiger partial charge in [0.05, 0.1) is 4.90 Å². The second kappa shape index (κ2) is 5.77. The van der Waals surface area contributed by atoms with Crippen LogP contribution < -0.4 is 5.32 Å². The first-order chi connectivity index (χ1) is 8.34. The lowest BCUT2D eigenvalue weighted by atomic mass is 10.1. The maximum absolute atomic E-state index is 13.8. The molecule has 1 rings (SSSR count). The minimum absolute atomic E-state index is 0.0390. The quantitative estimate of drug-likeness (QED) is 0.885. The minimum Gasteiger partial charge on any atom is -0.316 e. The number of rotatable bonds is 5. The first-order valence-corrected chi connectivity index (χ1v) is 7.18. The van der Waals surface area contributed by atoms with E-state index in [1.165, 1.54) is 30.4 Å². The molecule has 0 aromatic heterocycles. The van der Waals surface area contributed by atoms with Gasteiger partial charge < -0.3 is 5.32 Å². The number of nitrogens with zero attached hydrogens (tertiary/aromatic N) is 1. The molecule has 18 heavy (non-hydrogen) atoms. The Morgan fingerprint density at radius 2 is 2.00 bits per heavy atom. The molecule has 102 valence electrons. The van der Waals surface area contributed by atoms with E-state index < -0.39 is 15.8 Å². The van der Waals surface area contributed by atoms with Crippen molar-refractivity contribution in [2.45, 2.75) is 25.3 Å². The molecule has 0 radical (unpaired) electrons.